The van der Waals surface area contributed by atoms with Crippen LogP contribution in [0.25, 0.3) is 22.0 Å². The standard InChI is InChI=1S/C18H13Cl4NO2/c1-3-23-8(2)11(9-6-4-5-7-10(9)23)12-13(18(24)25)15(20)17(22)16(21)14(12)19/h4-7H,3H2,1-2H3,(H,24,25). The minimum absolute atomic E-state index is 0.0427. The smallest absolute Gasteiger partial charge is 0.337 e. The van der Waals surface area contributed by atoms with Crippen molar-refractivity contribution in [3.8, 4) is 11.1 Å². The van der Waals surface area contributed by atoms with Gasteiger partial charge in [0.1, 0.15) is 0 Å². The number of nitrogens with zero attached hydrogens (tertiary/aromatic N) is 1. The van der Waals surface area contributed by atoms with Gasteiger partial charge >= 0.3 is 5.97 Å². The first-order valence-corrected chi connectivity index (χ1v) is 8.99. The molecule has 0 aliphatic rings. The highest BCUT2D eigenvalue weighted by atomic mass is 35.5. The van der Waals surface area contributed by atoms with Crippen LogP contribution in [-0.2, 0) is 6.54 Å². The molecule has 0 atom stereocenters. The van der Waals surface area contributed by atoms with Crippen LogP contribution in [0.1, 0.15) is 23.0 Å². The number of carboxylic acid groups (broad SMARTS) is 1. The first-order chi connectivity index (χ1) is 11.8. The van der Waals surface area contributed by atoms with Crippen molar-refractivity contribution >= 4 is 63.3 Å². The molecule has 0 amide bonds. The summed E-state index contributed by atoms with van der Waals surface area (Å²) in [5.41, 5.74) is 2.69. The van der Waals surface area contributed by atoms with Crippen molar-refractivity contribution in [2.24, 2.45) is 0 Å². The van der Waals surface area contributed by atoms with Crippen LogP contribution in [0.5, 0.6) is 0 Å². The van der Waals surface area contributed by atoms with E-state index in [9.17, 15) is 9.90 Å². The van der Waals surface area contributed by atoms with E-state index in [-0.39, 0.29) is 31.2 Å². The van der Waals surface area contributed by atoms with E-state index in [2.05, 4.69) is 4.57 Å². The third-order valence-corrected chi connectivity index (χ3v) is 6.08. The summed E-state index contributed by atoms with van der Waals surface area (Å²) in [5.74, 6) is -1.21. The molecule has 1 aromatic heterocycles. The lowest BCUT2D eigenvalue weighted by atomic mass is 9.96. The van der Waals surface area contributed by atoms with Crippen molar-refractivity contribution < 1.29 is 9.90 Å². The first-order valence-electron chi connectivity index (χ1n) is 7.48. The number of benzene rings is 2. The molecule has 0 unspecified atom stereocenters. The highest BCUT2D eigenvalue weighted by molar-refractivity contribution is 6.54. The van der Waals surface area contributed by atoms with Gasteiger partial charge in [0.15, 0.2) is 0 Å². The summed E-state index contributed by atoms with van der Waals surface area (Å²) in [6.07, 6.45) is 0. The molecule has 0 fully saturated rings. The fraction of sp³-hybridized carbons (Fsp3) is 0.167. The molecule has 130 valence electrons. The SMILES string of the molecule is CCn1c(C)c(-c2c(Cl)c(Cl)c(Cl)c(Cl)c2C(=O)O)c2ccccc21. The van der Waals surface area contributed by atoms with Crippen molar-refractivity contribution in [2.45, 2.75) is 20.4 Å². The molecule has 0 aliphatic heterocycles. The molecule has 0 aliphatic carbocycles. The molecule has 1 N–H and O–H groups in total. The minimum Gasteiger partial charge on any atom is -0.478 e. The highest BCUT2D eigenvalue weighted by Gasteiger charge is 2.29. The average Bonchev–Trinajstić information content (AvgIpc) is 2.87. The second-order valence-electron chi connectivity index (χ2n) is 5.53. The number of hydrogen-bond acceptors (Lipinski definition) is 1. The Bertz CT molecular complexity index is 1020. The van der Waals surface area contributed by atoms with Crippen LogP contribution in [0.15, 0.2) is 24.3 Å². The maximum absolute atomic E-state index is 11.9. The Hall–Kier alpha value is -1.39. The third-order valence-electron chi connectivity index (χ3n) is 4.28. The Morgan fingerprint density at radius 2 is 1.60 bits per heavy atom. The average molecular weight is 417 g/mol. The number of aryl methyl sites for hydroxylation is 1. The molecule has 3 rings (SSSR count). The van der Waals surface area contributed by atoms with Gasteiger partial charge in [-0.25, -0.2) is 4.79 Å². The predicted octanol–water partition coefficient (Wildman–Crippen LogP) is 6.95. The summed E-state index contributed by atoms with van der Waals surface area (Å²) in [6, 6.07) is 7.71. The number of halogens is 4. The maximum atomic E-state index is 11.9. The van der Waals surface area contributed by atoms with E-state index in [1.54, 1.807) is 0 Å². The van der Waals surface area contributed by atoms with Gasteiger partial charge in [-0.3, -0.25) is 0 Å². The molecule has 0 bridgehead atoms. The number of carbonyl (C=O) groups is 1. The molecule has 0 radical (unpaired) electrons. The Balaban J connectivity index is 2.57. The summed E-state index contributed by atoms with van der Waals surface area (Å²) in [6.45, 7) is 4.66. The molecule has 3 aromatic rings. The van der Waals surface area contributed by atoms with Crippen molar-refractivity contribution in [3.63, 3.8) is 0 Å². The Morgan fingerprint density at radius 1 is 1.00 bits per heavy atom. The van der Waals surface area contributed by atoms with E-state index in [1.807, 2.05) is 38.1 Å². The molecular formula is C18H13Cl4NO2. The summed E-state index contributed by atoms with van der Waals surface area (Å²) >= 11 is 24.9. The summed E-state index contributed by atoms with van der Waals surface area (Å²) in [5, 5.41) is 10.5. The number of carboxylic acids is 1. The van der Waals surface area contributed by atoms with Crippen LogP contribution in [0.3, 0.4) is 0 Å². The van der Waals surface area contributed by atoms with Crippen molar-refractivity contribution in [3.05, 3.63) is 55.6 Å². The number of para-hydroxylation sites is 1. The number of fused-ring (bicyclic) bond motifs is 1. The van der Waals surface area contributed by atoms with Gasteiger partial charge in [0.05, 0.1) is 25.7 Å². The second-order valence-corrected chi connectivity index (χ2v) is 7.04. The number of aromatic carboxylic acids is 1. The van der Waals surface area contributed by atoms with Crippen LogP contribution < -0.4 is 0 Å². The summed E-state index contributed by atoms with van der Waals surface area (Å²) < 4.78 is 2.09. The zero-order valence-corrected chi connectivity index (χ0v) is 16.4. The van der Waals surface area contributed by atoms with Gasteiger partial charge in [-0.15, -0.1) is 0 Å². The topological polar surface area (TPSA) is 42.2 Å². The monoisotopic (exact) mass is 415 g/mol. The Morgan fingerprint density at radius 3 is 2.20 bits per heavy atom. The fourth-order valence-electron chi connectivity index (χ4n) is 3.22. The van der Waals surface area contributed by atoms with Crippen molar-refractivity contribution in [1.82, 2.24) is 4.57 Å². The quantitative estimate of drug-likeness (QED) is 0.370. The van der Waals surface area contributed by atoms with Crippen molar-refractivity contribution in [2.75, 3.05) is 0 Å². The predicted molar refractivity (Wildman–Crippen MR) is 105 cm³/mol. The van der Waals surface area contributed by atoms with Gasteiger partial charge in [-0.05, 0) is 19.9 Å². The van der Waals surface area contributed by atoms with E-state index in [0.717, 1.165) is 23.1 Å². The van der Waals surface area contributed by atoms with Crippen LogP contribution in [0.4, 0.5) is 0 Å². The number of aromatic nitrogens is 1. The molecule has 0 spiro atoms. The molecule has 2 aromatic carbocycles. The van der Waals surface area contributed by atoms with Gasteiger partial charge in [0.25, 0.3) is 0 Å². The minimum atomic E-state index is -1.21. The summed E-state index contributed by atoms with van der Waals surface area (Å²) in [4.78, 5) is 11.9. The lowest BCUT2D eigenvalue weighted by Gasteiger charge is -2.15. The lowest BCUT2D eigenvalue weighted by Crippen LogP contribution is -2.04. The molecule has 3 nitrogen and oxygen atoms in total. The van der Waals surface area contributed by atoms with Crippen LogP contribution in [0.2, 0.25) is 20.1 Å². The van der Waals surface area contributed by atoms with Gasteiger partial charge in [0.2, 0.25) is 0 Å². The lowest BCUT2D eigenvalue weighted by molar-refractivity contribution is 0.0698. The Labute approximate surface area is 164 Å². The van der Waals surface area contributed by atoms with Gasteiger partial charge in [-0.2, -0.15) is 0 Å². The van der Waals surface area contributed by atoms with E-state index in [1.165, 1.54) is 0 Å². The van der Waals surface area contributed by atoms with E-state index >= 15 is 0 Å². The van der Waals surface area contributed by atoms with Crippen LogP contribution in [0, 0.1) is 6.92 Å². The zero-order valence-electron chi connectivity index (χ0n) is 13.3. The fourth-order valence-corrected chi connectivity index (χ4v) is 4.25. The van der Waals surface area contributed by atoms with Gasteiger partial charge in [-0.1, -0.05) is 64.6 Å². The summed E-state index contributed by atoms with van der Waals surface area (Å²) in [7, 11) is 0. The highest BCUT2D eigenvalue weighted by Crippen LogP contribution is 2.48. The van der Waals surface area contributed by atoms with Crippen LogP contribution in [-0.4, -0.2) is 15.6 Å². The van der Waals surface area contributed by atoms with Gasteiger partial charge in [0, 0.05) is 34.3 Å². The number of hydrogen-bond donors (Lipinski definition) is 1. The zero-order chi connectivity index (χ0) is 18.5. The third kappa shape index (κ3) is 2.70. The largest absolute Gasteiger partial charge is 0.478 e. The van der Waals surface area contributed by atoms with Crippen molar-refractivity contribution in [1.29, 1.82) is 0 Å². The molecule has 0 saturated carbocycles. The first kappa shape index (κ1) is 18.4. The number of rotatable bonds is 3. The molecule has 25 heavy (non-hydrogen) atoms. The molecular weight excluding hydrogens is 404 g/mol. The maximum Gasteiger partial charge on any atom is 0.337 e. The Kier molecular flexibility index (Phi) is 4.95. The second kappa shape index (κ2) is 6.73. The van der Waals surface area contributed by atoms with E-state index in [4.69, 9.17) is 46.4 Å². The van der Waals surface area contributed by atoms with E-state index in [0.29, 0.717) is 5.56 Å². The normalized spacial score (nSPS) is 11.3. The molecule has 0 saturated heterocycles. The van der Waals surface area contributed by atoms with Gasteiger partial charge < -0.3 is 9.67 Å². The molecule has 1 heterocycles. The molecule has 7 heteroatoms. The van der Waals surface area contributed by atoms with Crippen LogP contribution >= 0.6 is 46.4 Å². The van der Waals surface area contributed by atoms with E-state index < -0.39 is 5.97 Å².